The maximum atomic E-state index is 14.1. The summed E-state index contributed by atoms with van der Waals surface area (Å²) in [6.45, 7) is 1.24. The Morgan fingerprint density at radius 2 is 1.76 bits per heavy atom. The van der Waals surface area contributed by atoms with E-state index in [1.807, 2.05) is 54.6 Å². The molecule has 0 radical (unpaired) electrons. The summed E-state index contributed by atoms with van der Waals surface area (Å²) in [5.41, 5.74) is 3.74. The van der Waals surface area contributed by atoms with Crippen molar-refractivity contribution in [3.63, 3.8) is 0 Å². The van der Waals surface area contributed by atoms with Crippen LogP contribution in [-0.4, -0.2) is 55.2 Å². The van der Waals surface area contributed by atoms with Crippen LogP contribution in [0.3, 0.4) is 0 Å². The summed E-state index contributed by atoms with van der Waals surface area (Å²) < 4.78 is 25.4. The zero-order chi connectivity index (χ0) is 32.2. The van der Waals surface area contributed by atoms with Gasteiger partial charge in [-0.15, -0.1) is 0 Å². The lowest BCUT2D eigenvalue weighted by Crippen LogP contribution is -2.41. The summed E-state index contributed by atoms with van der Waals surface area (Å²) in [6.07, 6.45) is 3.70. The molecule has 10 heteroatoms. The predicted molar refractivity (Wildman–Crippen MR) is 172 cm³/mol. The van der Waals surface area contributed by atoms with Gasteiger partial charge in [-0.2, -0.15) is 0 Å². The number of benzene rings is 3. The summed E-state index contributed by atoms with van der Waals surface area (Å²) in [4.78, 5) is 40.9. The number of aryl methyl sites for hydroxylation is 2. The Morgan fingerprint density at radius 1 is 0.913 bits per heavy atom. The zero-order valence-corrected chi connectivity index (χ0v) is 26.2. The molecular weight excluding hydrogens is 586 g/mol. The van der Waals surface area contributed by atoms with Crippen molar-refractivity contribution in [2.24, 2.45) is 7.05 Å². The first-order valence-electron chi connectivity index (χ1n) is 15.4. The third-order valence-electron chi connectivity index (χ3n) is 8.44. The number of hydrogen-bond acceptors (Lipinski definition) is 7. The quantitative estimate of drug-likeness (QED) is 0.349. The summed E-state index contributed by atoms with van der Waals surface area (Å²) >= 11 is 0. The number of hydrogen-bond donors (Lipinski definition) is 1. The lowest BCUT2D eigenvalue weighted by Gasteiger charge is -2.38. The number of aromatic nitrogens is 1. The highest BCUT2D eigenvalue weighted by atomic mass is 16.5. The molecule has 0 saturated heterocycles. The number of methoxy groups -OCH3 is 2. The van der Waals surface area contributed by atoms with E-state index in [9.17, 15) is 14.4 Å². The van der Waals surface area contributed by atoms with Gasteiger partial charge in [-0.1, -0.05) is 18.2 Å². The molecule has 3 aliphatic heterocycles. The lowest BCUT2D eigenvalue weighted by atomic mass is 9.87. The highest BCUT2D eigenvalue weighted by molar-refractivity contribution is 5.95. The van der Waals surface area contributed by atoms with Crippen LogP contribution in [0.4, 0.5) is 0 Å². The number of pyridine rings is 1. The molecule has 3 aromatic carbocycles. The third-order valence-corrected chi connectivity index (χ3v) is 8.44. The molecule has 1 N–H and O–H groups in total. The first-order chi connectivity index (χ1) is 22.3. The van der Waals surface area contributed by atoms with Gasteiger partial charge in [-0.05, 0) is 84.0 Å². The summed E-state index contributed by atoms with van der Waals surface area (Å²) in [5.74, 6) is 2.49. The predicted octanol–water partition coefficient (Wildman–Crippen LogP) is 4.81. The molecule has 7 rings (SSSR count). The second-order valence-electron chi connectivity index (χ2n) is 11.4. The molecule has 1 unspecified atom stereocenters. The number of rotatable bonds is 3. The van der Waals surface area contributed by atoms with Crippen molar-refractivity contribution in [1.29, 1.82) is 0 Å². The summed E-state index contributed by atoms with van der Waals surface area (Å²) in [7, 11) is 4.81. The SMILES string of the molecule is COc1ccc2cc1OCCCNC(=O)CCc1cccc(c1)Oc1cc3c(cc1OC)C2N(C(=O)c1ccn(C)c(=O)c1)CC3. The third kappa shape index (κ3) is 6.42. The normalized spacial score (nSPS) is 16.5. The van der Waals surface area contributed by atoms with Crippen molar-refractivity contribution in [3.8, 4) is 28.7 Å². The Morgan fingerprint density at radius 3 is 2.57 bits per heavy atom. The Balaban J connectivity index is 1.48. The van der Waals surface area contributed by atoms with Crippen LogP contribution in [0.1, 0.15) is 51.5 Å². The maximum absolute atomic E-state index is 14.1. The van der Waals surface area contributed by atoms with E-state index in [1.165, 1.54) is 10.6 Å². The fourth-order valence-electron chi connectivity index (χ4n) is 5.99. The van der Waals surface area contributed by atoms with Gasteiger partial charge in [0.05, 0.1) is 26.9 Å². The Labute approximate surface area is 267 Å². The van der Waals surface area contributed by atoms with Crippen LogP contribution in [0.2, 0.25) is 0 Å². The van der Waals surface area contributed by atoms with E-state index in [1.54, 1.807) is 38.4 Å². The minimum Gasteiger partial charge on any atom is -0.493 e. The second-order valence-corrected chi connectivity index (χ2v) is 11.4. The van der Waals surface area contributed by atoms with E-state index in [2.05, 4.69) is 5.32 Å². The van der Waals surface area contributed by atoms with E-state index in [-0.39, 0.29) is 17.4 Å². The van der Waals surface area contributed by atoms with Gasteiger partial charge in [0, 0.05) is 44.4 Å². The number of nitrogens with zero attached hydrogens (tertiary/aromatic N) is 2. The van der Waals surface area contributed by atoms with Gasteiger partial charge in [0.15, 0.2) is 23.0 Å². The number of nitrogens with one attached hydrogen (secondary N) is 1. The summed E-state index contributed by atoms with van der Waals surface area (Å²) in [5, 5.41) is 2.97. The number of carbonyl (C=O) groups excluding carboxylic acids is 2. The standard InChI is InChI=1S/C36H37N3O7/c1-38-15-12-26(21-34(38)41)36(42)39-16-13-24-19-32-30(44-3)22-28(24)35(39)25-9-10-29(43-2)31(20-25)45-17-5-14-37-33(40)11-8-23-6-4-7-27(18-23)46-32/h4,6-7,9-10,12,15,18-22,35H,5,8,11,13-14,16-17H2,1-3H3,(H,37,40). The van der Waals surface area contributed by atoms with Crippen molar-refractivity contribution in [3.05, 3.63) is 111 Å². The molecule has 4 aromatic rings. The van der Waals surface area contributed by atoms with E-state index >= 15 is 0 Å². The van der Waals surface area contributed by atoms with Gasteiger partial charge in [0.25, 0.3) is 11.5 Å². The molecule has 1 aromatic heterocycles. The Kier molecular flexibility index (Phi) is 8.96. The highest BCUT2D eigenvalue weighted by Gasteiger charge is 2.35. The minimum atomic E-state index is -0.523. The van der Waals surface area contributed by atoms with Crippen LogP contribution >= 0.6 is 0 Å². The lowest BCUT2D eigenvalue weighted by molar-refractivity contribution is -0.121. The molecule has 0 aliphatic carbocycles. The molecule has 1 atom stereocenters. The maximum Gasteiger partial charge on any atom is 0.254 e. The van der Waals surface area contributed by atoms with Crippen LogP contribution in [0, 0.1) is 0 Å². The fourth-order valence-corrected chi connectivity index (χ4v) is 5.99. The monoisotopic (exact) mass is 623 g/mol. The molecule has 10 nitrogen and oxygen atoms in total. The van der Waals surface area contributed by atoms with Gasteiger partial charge in [0.1, 0.15) is 5.75 Å². The molecule has 2 amide bonds. The summed E-state index contributed by atoms with van der Waals surface area (Å²) in [6, 6.07) is 19.8. The first-order valence-corrected chi connectivity index (χ1v) is 15.4. The van der Waals surface area contributed by atoms with Gasteiger partial charge in [0.2, 0.25) is 5.91 Å². The van der Waals surface area contributed by atoms with E-state index < -0.39 is 6.04 Å². The van der Waals surface area contributed by atoms with Crippen molar-refractivity contribution < 1.29 is 28.5 Å². The molecule has 0 saturated carbocycles. The largest absolute Gasteiger partial charge is 0.493 e. The average Bonchev–Trinajstić information content (AvgIpc) is 3.07. The van der Waals surface area contributed by atoms with Crippen LogP contribution in [0.15, 0.2) is 77.7 Å². The molecular formula is C36H37N3O7. The van der Waals surface area contributed by atoms with Crippen LogP contribution in [0.25, 0.3) is 0 Å². The molecule has 0 spiro atoms. The van der Waals surface area contributed by atoms with Crippen LogP contribution in [-0.2, 0) is 24.7 Å². The van der Waals surface area contributed by atoms with Crippen molar-refractivity contribution in [1.82, 2.24) is 14.8 Å². The molecule has 8 bridgehead atoms. The van der Waals surface area contributed by atoms with Crippen LogP contribution in [0.5, 0.6) is 28.7 Å². The average molecular weight is 624 g/mol. The topological polar surface area (TPSA) is 108 Å². The number of carbonyl (C=O) groups is 2. The van der Waals surface area contributed by atoms with Gasteiger partial charge in [-0.25, -0.2) is 0 Å². The van der Waals surface area contributed by atoms with Gasteiger partial charge in [-0.3, -0.25) is 14.4 Å². The van der Waals surface area contributed by atoms with Gasteiger partial charge >= 0.3 is 0 Å². The van der Waals surface area contributed by atoms with Crippen molar-refractivity contribution >= 4 is 11.8 Å². The minimum absolute atomic E-state index is 0.0341. The Hall–Kier alpha value is -5.25. The fraction of sp³-hybridized carbons (Fsp3) is 0.306. The van der Waals surface area contributed by atoms with E-state index in [0.717, 1.165) is 22.3 Å². The number of amides is 2. The number of ether oxygens (including phenoxy) is 4. The van der Waals surface area contributed by atoms with E-state index in [4.69, 9.17) is 18.9 Å². The first kappa shape index (κ1) is 30.8. The molecule has 4 heterocycles. The van der Waals surface area contributed by atoms with E-state index in [0.29, 0.717) is 79.7 Å². The molecule has 238 valence electrons. The molecule has 3 aliphatic rings. The highest BCUT2D eigenvalue weighted by Crippen LogP contribution is 2.44. The molecule has 0 fully saturated rings. The smallest absolute Gasteiger partial charge is 0.254 e. The van der Waals surface area contributed by atoms with Crippen LogP contribution < -0.4 is 29.8 Å². The Bertz CT molecular complexity index is 1830. The van der Waals surface area contributed by atoms with Crippen molar-refractivity contribution in [2.45, 2.75) is 31.7 Å². The zero-order valence-electron chi connectivity index (χ0n) is 26.2. The van der Waals surface area contributed by atoms with Gasteiger partial charge < -0.3 is 33.7 Å². The number of fused-ring (bicyclic) bond motifs is 8. The second kappa shape index (κ2) is 13.4. The molecule has 46 heavy (non-hydrogen) atoms. The van der Waals surface area contributed by atoms with Crippen molar-refractivity contribution in [2.75, 3.05) is 33.9 Å².